The third-order valence-electron chi connectivity index (χ3n) is 4.15. The zero-order valence-corrected chi connectivity index (χ0v) is 15.1. The molecule has 0 spiro atoms. The van der Waals surface area contributed by atoms with Crippen LogP contribution in [0.5, 0.6) is 5.75 Å². The van der Waals surface area contributed by atoms with Crippen molar-refractivity contribution in [3.8, 4) is 5.75 Å². The molecule has 0 bridgehead atoms. The second-order valence-corrected chi connectivity index (χ2v) is 6.88. The van der Waals surface area contributed by atoms with Crippen LogP contribution in [0.15, 0.2) is 35.8 Å². The highest BCUT2D eigenvalue weighted by atomic mass is 32.1. The fraction of sp³-hybridized carbons (Fsp3) is 0.444. The first-order chi connectivity index (χ1) is 12.2. The van der Waals surface area contributed by atoms with Crippen molar-refractivity contribution < 1.29 is 14.3 Å². The summed E-state index contributed by atoms with van der Waals surface area (Å²) in [7, 11) is 1.68. The predicted molar refractivity (Wildman–Crippen MR) is 98.2 cm³/mol. The summed E-state index contributed by atoms with van der Waals surface area (Å²) in [4.78, 5) is 18.3. The van der Waals surface area contributed by atoms with Crippen LogP contribution in [-0.4, -0.2) is 55.2 Å². The molecule has 1 fully saturated rings. The lowest BCUT2D eigenvalue weighted by Crippen LogP contribution is -2.44. The number of amides is 1. The van der Waals surface area contributed by atoms with Crippen LogP contribution in [0.1, 0.15) is 12.0 Å². The molecule has 1 saturated heterocycles. The molecule has 1 amide bonds. The highest BCUT2D eigenvalue weighted by Crippen LogP contribution is 2.17. The quantitative estimate of drug-likeness (QED) is 0.821. The summed E-state index contributed by atoms with van der Waals surface area (Å²) in [6.45, 7) is 3.12. The summed E-state index contributed by atoms with van der Waals surface area (Å²) in [6, 6.07) is 8.08. The highest BCUT2D eigenvalue weighted by molar-refractivity contribution is 7.13. The molecule has 7 heteroatoms. The standard InChI is InChI=1S/C18H23N3O3S/c1-23-15-4-2-3-14(11-15)12-16-13-21(8-9-24-16)7-5-17(22)20-18-19-6-10-25-18/h2-4,6,10-11,16H,5,7-9,12-13H2,1H3,(H,19,20,22). The molecule has 1 N–H and O–H groups in total. The molecule has 2 aromatic rings. The monoisotopic (exact) mass is 361 g/mol. The Hall–Kier alpha value is -1.96. The molecule has 0 aliphatic carbocycles. The Morgan fingerprint density at radius 3 is 3.24 bits per heavy atom. The van der Waals surface area contributed by atoms with Crippen molar-refractivity contribution in [2.24, 2.45) is 0 Å². The Labute approximate surface area is 151 Å². The van der Waals surface area contributed by atoms with E-state index in [1.54, 1.807) is 13.3 Å². The maximum absolute atomic E-state index is 12.0. The van der Waals surface area contributed by atoms with Crippen LogP contribution < -0.4 is 10.1 Å². The Balaban J connectivity index is 1.45. The number of rotatable bonds is 7. The molecule has 134 valence electrons. The van der Waals surface area contributed by atoms with Gasteiger partial charge in [0, 0.05) is 44.1 Å². The SMILES string of the molecule is COc1cccc(CC2CN(CCC(=O)Nc3nccs3)CCO2)c1. The molecule has 1 unspecified atom stereocenters. The number of hydrogen-bond acceptors (Lipinski definition) is 6. The van der Waals surface area contributed by atoms with E-state index in [4.69, 9.17) is 9.47 Å². The number of carbonyl (C=O) groups is 1. The number of methoxy groups -OCH3 is 1. The zero-order valence-electron chi connectivity index (χ0n) is 14.3. The maximum Gasteiger partial charge on any atom is 0.227 e. The molecule has 1 aromatic heterocycles. The average molecular weight is 361 g/mol. The second-order valence-electron chi connectivity index (χ2n) is 5.98. The van der Waals surface area contributed by atoms with Crippen molar-refractivity contribution in [1.82, 2.24) is 9.88 Å². The van der Waals surface area contributed by atoms with Gasteiger partial charge in [-0.2, -0.15) is 0 Å². The number of aromatic nitrogens is 1. The molecular formula is C18H23N3O3S. The topological polar surface area (TPSA) is 63.7 Å². The lowest BCUT2D eigenvalue weighted by molar-refractivity contribution is -0.117. The molecule has 1 aliphatic rings. The molecule has 1 aromatic carbocycles. The molecule has 6 nitrogen and oxygen atoms in total. The van der Waals surface area contributed by atoms with Crippen LogP contribution in [0.25, 0.3) is 0 Å². The largest absolute Gasteiger partial charge is 0.497 e. The first-order valence-electron chi connectivity index (χ1n) is 8.39. The van der Waals surface area contributed by atoms with E-state index in [-0.39, 0.29) is 12.0 Å². The van der Waals surface area contributed by atoms with Crippen LogP contribution in [0.3, 0.4) is 0 Å². The number of nitrogens with one attached hydrogen (secondary N) is 1. The first-order valence-corrected chi connectivity index (χ1v) is 9.27. The van der Waals surface area contributed by atoms with Crippen LogP contribution in [0.2, 0.25) is 0 Å². The van der Waals surface area contributed by atoms with Gasteiger partial charge in [-0.3, -0.25) is 9.69 Å². The van der Waals surface area contributed by atoms with Gasteiger partial charge in [-0.15, -0.1) is 11.3 Å². The van der Waals surface area contributed by atoms with E-state index in [1.807, 2.05) is 23.6 Å². The van der Waals surface area contributed by atoms with Crippen LogP contribution >= 0.6 is 11.3 Å². The minimum Gasteiger partial charge on any atom is -0.497 e. The number of thiazole rings is 1. The number of nitrogens with zero attached hydrogens (tertiary/aromatic N) is 2. The Morgan fingerprint density at radius 1 is 1.52 bits per heavy atom. The molecule has 0 saturated carbocycles. The zero-order chi connectivity index (χ0) is 17.5. The van der Waals surface area contributed by atoms with Gasteiger partial charge < -0.3 is 14.8 Å². The maximum atomic E-state index is 12.0. The summed E-state index contributed by atoms with van der Waals surface area (Å²) in [5.41, 5.74) is 1.20. The van der Waals surface area contributed by atoms with E-state index in [0.29, 0.717) is 18.2 Å². The van der Waals surface area contributed by atoms with Gasteiger partial charge in [-0.05, 0) is 17.7 Å². The van der Waals surface area contributed by atoms with Crippen molar-refractivity contribution >= 4 is 22.4 Å². The number of morpholine rings is 1. The molecular weight excluding hydrogens is 338 g/mol. The summed E-state index contributed by atoms with van der Waals surface area (Å²) >= 11 is 1.43. The van der Waals surface area contributed by atoms with E-state index in [9.17, 15) is 4.79 Å². The summed E-state index contributed by atoms with van der Waals surface area (Å²) in [6.07, 6.45) is 3.14. The number of anilines is 1. The lowest BCUT2D eigenvalue weighted by Gasteiger charge is -2.32. The summed E-state index contributed by atoms with van der Waals surface area (Å²) in [5.74, 6) is 0.870. The van der Waals surface area contributed by atoms with Gasteiger partial charge in [0.2, 0.25) is 5.91 Å². The predicted octanol–water partition coefficient (Wildman–Crippen LogP) is 2.42. The minimum absolute atomic E-state index is 0.00536. The van der Waals surface area contributed by atoms with Crippen LogP contribution in [0.4, 0.5) is 5.13 Å². The van der Waals surface area contributed by atoms with Crippen LogP contribution in [-0.2, 0) is 16.0 Å². The fourth-order valence-corrected chi connectivity index (χ4v) is 3.44. The number of benzene rings is 1. The molecule has 1 aliphatic heterocycles. The summed E-state index contributed by atoms with van der Waals surface area (Å²) in [5, 5.41) is 5.33. The van der Waals surface area contributed by atoms with Gasteiger partial charge >= 0.3 is 0 Å². The number of ether oxygens (including phenoxy) is 2. The van der Waals surface area contributed by atoms with Crippen molar-refractivity contribution in [2.45, 2.75) is 18.9 Å². The van der Waals surface area contributed by atoms with Crippen molar-refractivity contribution in [1.29, 1.82) is 0 Å². The van der Waals surface area contributed by atoms with Gasteiger partial charge in [-0.25, -0.2) is 4.98 Å². The summed E-state index contributed by atoms with van der Waals surface area (Å²) < 4.78 is 11.2. The Morgan fingerprint density at radius 2 is 2.44 bits per heavy atom. The van der Waals surface area contributed by atoms with Crippen molar-refractivity contribution in [2.75, 3.05) is 38.7 Å². The molecule has 1 atom stereocenters. The van der Waals surface area contributed by atoms with E-state index in [1.165, 1.54) is 16.9 Å². The third-order valence-corrected chi connectivity index (χ3v) is 4.84. The Bertz CT molecular complexity index is 678. The Kier molecular flexibility index (Phi) is 6.38. The lowest BCUT2D eigenvalue weighted by atomic mass is 10.1. The van der Waals surface area contributed by atoms with Gasteiger partial charge in [0.05, 0.1) is 19.8 Å². The van der Waals surface area contributed by atoms with Crippen molar-refractivity contribution in [3.63, 3.8) is 0 Å². The number of hydrogen-bond donors (Lipinski definition) is 1. The van der Waals surface area contributed by atoms with Gasteiger partial charge in [0.25, 0.3) is 0 Å². The van der Waals surface area contributed by atoms with E-state index < -0.39 is 0 Å². The third kappa shape index (κ3) is 5.52. The van der Waals surface area contributed by atoms with Gasteiger partial charge in [0.15, 0.2) is 5.13 Å². The van der Waals surface area contributed by atoms with E-state index >= 15 is 0 Å². The molecule has 2 heterocycles. The van der Waals surface area contributed by atoms with Gasteiger partial charge in [-0.1, -0.05) is 12.1 Å². The fourth-order valence-electron chi connectivity index (χ4n) is 2.90. The minimum atomic E-state index is 0.00536. The number of carbonyl (C=O) groups excluding carboxylic acids is 1. The van der Waals surface area contributed by atoms with Crippen LogP contribution in [0, 0.1) is 0 Å². The normalized spacial score (nSPS) is 18.0. The molecule has 25 heavy (non-hydrogen) atoms. The molecule has 3 rings (SSSR count). The molecule has 0 radical (unpaired) electrons. The second kappa shape index (κ2) is 8.94. The van der Waals surface area contributed by atoms with E-state index in [0.717, 1.165) is 31.8 Å². The van der Waals surface area contributed by atoms with E-state index in [2.05, 4.69) is 21.3 Å². The average Bonchev–Trinajstić information content (AvgIpc) is 3.13. The highest BCUT2D eigenvalue weighted by Gasteiger charge is 2.21. The van der Waals surface area contributed by atoms with Crippen molar-refractivity contribution in [3.05, 3.63) is 41.4 Å². The van der Waals surface area contributed by atoms with Gasteiger partial charge in [0.1, 0.15) is 5.75 Å². The first kappa shape index (κ1) is 17.8. The smallest absolute Gasteiger partial charge is 0.227 e.